The second-order valence-electron chi connectivity index (χ2n) is 9.01. The molecule has 1 heterocycles. The smallest absolute Gasteiger partial charge is 0.251 e. The minimum atomic E-state index is -0.262. The Bertz CT molecular complexity index is 895. The van der Waals surface area contributed by atoms with Crippen molar-refractivity contribution < 1.29 is 4.79 Å². The molecule has 0 saturated carbocycles. The van der Waals surface area contributed by atoms with Gasteiger partial charge in [-0.25, -0.2) is 4.99 Å². The van der Waals surface area contributed by atoms with Crippen molar-refractivity contribution in [2.24, 2.45) is 4.99 Å². The van der Waals surface area contributed by atoms with Crippen LogP contribution < -0.4 is 20.9 Å². The van der Waals surface area contributed by atoms with Gasteiger partial charge in [-0.2, -0.15) is 0 Å². The number of hydrogen-bond acceptors (Lipinski definition) is 3. The molecule has 1 aliphatic heterocycles. The van der Waals surface area contributed by atoms with E-state index in [0.29, 0.717) is 18.2 Å². The van der Waals surface area contributed by atoms with Gasteiger partial charge in [0.15, 0.2) is 5.96 Å². The number of nitrogens with zero attached hydrogens (tertiary/aromatic N) is 2. The number of aliphatic imine (C=N–C) groups is 1. The fraction of sp³-hybridized carbons (Fsp3) is 0.440. The van der Waals surface area contributed by atoms with E-state index < -0.39 is 0 Å². The molecule has 1 saturated heterocycles. The molecule has 3 rings (SSSR count). The Kier molecular flexibility index (Phi) is 9.81. The molecule has 1 fully saturated rings. The van der Waals surface area contributed by atoms with Crippen molar-refractivity contribution in [1.29, 1.82) is 0 Å². The molecule has 7 heteroatoms. The van der Waals surface area contributed by atoms with Gasteiger partial charge in [0.05, 0.1) is 6.54 Å². The van der Waals surface area contributed by atoms with E-state index in [0.717, 1.165) is 37.6 Å². The number of guanidine groups is 1. The number of para-hydroxylation sites is 1. The normalized spacial score (nSPS) is 16.3. The Balaban J connectivity index is 0.00000363. The molecule has 174 valence electrons. The van der Waals surface area contributed by atoms with Crippen molar-refractivity contribution in [3.05, 3.63) is 65.7 Å². The second kappa shape index (κ2) is 12.1. The first-order valence-corrected chi connectivity index (χ1v) is 11.1. The molecule has 0 spiro atoms. The molecule has 1 aliphatic rings. The zero-order valence-corrected chi connectivity index (χ0v) is 21.9. The quantitative estimate of drug-likeness (QED) is 0.288. The number of carbonyl (C=O) groups is 1. The van der Waals surface area contributed by atoms with Gasteiger partial charge in [-0.3, -0.25) is 4.79 Å². The van der Waals surface area contributed by atoms with Crippen molar-refractivity contribution in [3.8, 4) is 0 Å². The third-order valence-corrected chi connectivity index (χ3v) is 5.09. The average Bonchev–Trinajstić information content (AvgIpc) is 3.20. The average molecular weight is 550 g/mol. The van der Waals surface area contributed by atoms with Gasteiger partial charge >= 0.3 is 0 Å². The van der Waals surface area contributed by atoms with Crippen LogP contribution >= 0.6 is 24.0 Å². The van der Waals surface area contributed by atoms with Crippen molar-refractivity contribution in [3.63, 3.8) is 0 Å². The minimum absolute atomic E-state index is 0. The van der Waals surface area contributed by atoms with E-state index in [1.54, 1.807) is 0 Å². The zero-order valence-electron chi connectivity index (χ0n) is 19.5. The van der Waals surface area contributed by atoms with Gasteiger partial charge in [0.2, 0.25) is 0 Å². The summed E-state index contributed by atoms with van der Waals surface area (Å²) in [6.07, 6.45) is 1.07. The molecule has 2 aromatic rings. The summed E-state index contributed by atoms with van der Waals surface area (Å²) in [4.78, 5) is 19.6. The summed E-state index contributed by atoms with van der Waals surface area (Å²) in [6.45, 7) is 11.3. The summed E-state index contributed by atoms with van der Waals surface area (Å²) < 4.78 is 0. The van der Waals surface area contributed by atoms with Crippen LogP contribution in [0.2, 0.25) is 0 Å². The highest BCUT2D eigenvalue weighted by molar-refractivity contribution is 14.0. The van der Waals surface area contributed by atoms with E-state index in [2.05, 4.69) is 52.0 Å². The summed E-state index contributed by atoms with van der Waals surface area (Å²) in [7, 11) is 0. The number of benzene rings is 2. The lowest BCUT2D eigenvalue weighted by molar-refractivity contribution is 0.0919. The van der Waals surface area contributed by atoms with Crippen molar-refractivity contribution in [2.45, 2.75) is 52.2 Å². The van der Waals surface area contributed by atoms with Crippen molar-refractivity contribution in [1.82, 2.24) is 16.0 Å². The van der Waals surface area contributed by atoms with Gasteiger partial charge in [0.1, 0.15) is 0 Å². The largest absolute Gasteiger partial charge is 0.369 e. The standard InChI is InChI=1S/C25H35N5O.HI/c1-5-26-24(28-21-14-15-30(18-21)22-12-7-6-8-13-22)27-17-19-10-9-11-20(16-19)23(31)29-25(2,3)4;/h6-13,16,21H,5,14-15,17-18H2,1-4H3,(H,29,31)(H2,26,27,28);1H. The number of anilines is 1. The SMILES string of the molecule is CCNC(=NCc1cccc(C(=O)NC(C)(C)C)c1)NC1CCN(c2ccccc2)C1.I. The number of nitrogens with one attached hydrogen (secondary N) is 3. The molecule has 32 heavy (non-hydrogen) atoms. The molecule has 0 radical (unpaired) electrons. The predicted octanol–water partition coefficient (Wildman–Crippen LogP) is 4.17. The van der Waals surface area contributed by atoms with Gasteiger partial charge in [-0.1, -0.05) is 30.3 Å². The van der Waals surface area contributed by atoms with E-state index in [9.17, 15) is 4.79 Å². The zero-order chi connectivity index (χ0) is 22.3. The Morgan fingerprint density at radius 2 is 1.88 bits per heavy atom. The van der Waals surface area contributed by atoms with Crippen LogP contribution in [0.5, 0.6) is 0 Å². The monoisotopic (exact) mass is 549 g/mol. The first-order chi connectivity index (χ1) is 14.8. The maximum absolute atomic E-state index is 12.5. The van der Waals surface area contributed by atoms with Crippen LogP contribution in [-0.2, 0) is 6.54 Å². The number of amides is 1. The first kappa shape index (κ1) is 26.0. The number of rotatable bonds is 6. The van der Waals surface area contributed by atoms with Crippen LogP contribution in [0.25, 0.3) is 0 Å². The van der Waals surface area contributed by atoms with Crippen LogP contribution in [-0.4, -0.2) is 43.1 Å². The fourth-order valence-corrected chi connectivity index (χ4v) is 3.66. The molecule has 0 aromatic heterocycles. The molecule has 6 nitrogen and oxygen atoms in total. The highest BCUT2D eigenvalue weighted by Crippen LogP contribution is 2.19. The fourth-order valence-electron chi connectivity index (χ4n) is 3.66. The van der Waals surface area contributed by atoms with E-state index in [-0.39, 0.29) is 35.4 Å². The topological polar surface area (TPSA) is 68.8 Å². The van der Waals surface area contributed by atoms with Gasteiger partial charge < -0.3 is 20.9 Å². The van der Waals surface area contributed by atoms with Gasteiger partial charge in [-0.15, -0.1) is 24.0 Å². The third kappa shape index (κ3) is 8.00. The Morgan fingerprint density at radius 1 is 1.12 bits per heavy atom. The number of carbonyl (C=O) groups excluding carboxylic acids is 1. The summed E-state index contributed by atoms with van der Waals surface area (Å²) in [5.41, 5.74) is 2.67. The van der Waals surface area contributed by atoms with Crippen LogP contribution in [0.1, 0.15) is 50.0 Å². The lowest BCUT2D eigenvalue weighted by Crippen LogP contribution is -2.44. The Labute approximate surface area is 209 Å². The molecule has 3 N–H and O–H groups in total. The van der Waals surface area contributed by atoms with Crippen molar-refractivity contribution in [2.75, 3.05) is 24.5 Å². The molecule has 0 aliphatic carbocycles. The van der Waals surface area contributed by atoms with Crippen LogP contribution in [0.15, 0.2) is 59.6 Å². The highest BCUT2D eigenvalue weighted by atomic mass is 127. The van der Waals surface area contributed by atoms with E-state index in [4.69, 9.17) is 4.99 Å². The highest BCUT2D eigenvalue weighted by Gasteiger charge is 2.23. The van der Waals surface area contributed by atoms with Gasteiger partial charge in [0.25, 0.3) is 5.91 Å². The van der Waals surface area contributed by atoms with E-state index in [1.165, 1.54) is 5.69 Å². The summed E-state index contributed by atoms with van der Waals surface area (Å²) >= 11 is 0. The van der Waals surface area contributed by atoms with Crippen LogP contribution in [0.3, 0.4) is 0 Å². The van der Waals surface area contributed by atoms with Crippen LogP contribution in [0, 0.1) is 0 Å². The molecule has 2 aromatic carbocycles. The first-order valence-electron chi connectivity index (χ1n) is 11.1. The molecule has 1 atom stereocenters. The van der Waals surface area contributed by atoms with Crippen molar-refractivity contribution >= 4 is 41.5 Å². The third-order valence-electron chi connectivity index (χ3n) is 5.09. The second-order valence-corrected chi connectivity index (χ2v) is 9.01. The van der Waals surface area contributed by atoms with E-state index >= 15 is 0 Å². The maximum Gasteiger partial charge on any atom is 0.251 e. The number of hydrogen-bond donors (Lipinski definition) is 3. The van der Waals surface area contributed by atoms with E-state index in [1.807, 2.05) is 51.1 Å². The lowest BCUT2D eigenvalue weighted by Gasteiger charge is -2.21. The Morgan fingerprint density at radius 3 is 2.56 bits per heavy atom. The minimum Gasteiger partial charge on any atom is -0.369 e. The summed E-state index contributed by atoms with van der Waals surface area (Å²) in [6, 6.07) is 18.6. The molecular weight excluding hydrogens is 513 g/mol. The summed E-state index contributed by atoms with van der Waals surface area (Å²) in [5.74, 6) is 0.752. The predicted molar refractivity (Wildman–Crippen MR) is 144 cm³/mol. The maximum atomic E-state index is 12.5. The molecular formula is C25H36IN5O. The summed E-state index contributed by atoms with van der Waals surface area (Å²) in [5, 5.41) is 9.93. The van der Waals surface area contributed by atoms with Gasteiger partial charge in [0, 0.05) is 42.5 Å². The lowest BCUT2D eigenvalue weighted by atomic mass is 10.1. The molecule has 1 amide bonds. The molecule has 0 bridgehead atoms. The Hall–Kier alpha value is -2.29. The molecule has 1 unspecified atom stereocenters. The number of halogens is 1. The van der Waals surface area contributed by atoms with Crippen LogP contribution in [0.4, 0.5) is 5.69 Å². The van der Waals surface area contributed by atoms with Gasteiger partial charge in [-0.05, 0) is 63.9 Å².